The van der Waals surface area contributed by atoms with Crippen LogP contribution in [0.4, 0.5) is 16.2 Å². The van der Waals surface area contributed by atoms with Gasteiger partial charge in [0.1, 0.15) is 5.02 Å². The summed E-state index contributed by atoms with van der Waals surface area (Å²) in [7, 11) is 0. The second-order valence-electron chi connectivity index (χ2n) is 4.95. The Morgan fingerprint density at radius 3 is 2.52 bits per heavy atom. The van der Waals surface area contributed by atoms with Crippen molar-refractivity contribution in [3.63, 3.8) is 0 Å². The second-order valence-corrected chi connectivity index (χ2v) is 5.33. The van der Waals surface area contributed by atoms with Gasteiger partial charge in [0, 0.05) is 18.8 Å². The minimum atomic E-state index is -0.536. The van der Waals surface area contributed by atoms with E-state index in [1.165, 1.54) is 0 Å². The van der Waals surface area contributed by atoms with Gasteiger partial charge >= 0.3 is 6.03 Å². The number of anilines is 2. The molecule has 0 unspecified atom stereocenters. The zero-order chi connectivity index (χ0) is 16.7. The van der Waals surface area contributed by atoms with E-state index in [0.717, 1.165) is 37.3 Å². The van der Waals surface area contributed by atoms with Gasteiger partial charge in [0.05, 0.1) is 11.9 Å². The molecule has 2 amide bonds. The number of para-hydroxylation sites is 1. The molecule has 3 rings (SSSR count). The fourth-order valence-electron chi connectivity index (χ4n) is 2.22. The highest BCUT2D eigenvalue weighted by Crippen LogP contribution is 2.23. The summed E-state index contributed by atoms with van der Waals surface area (Å²) >= 11 is 5.85. The lowest BCUT2D eigenvalue weighted by Crippen LogP contribution is -2.22. The van der Waals surface area contributed by atoms with E-state index in [-0.39, 0.29) is 10.6 Å². The lowest BCUT2D eigenvalue weighted by molar-refractivity contribution is 0.259. The molecule has 1 saturated heterocycles. The fraction of sp³-hybridized carbons (Fsp3) is 0.267. The third-order valence-electron chi connectivity index (χ3n) is 3.27. The van der Waals surface area contributed by atoms with E-state index in [1.54, 1.807) is 18.3 Å². The van der Waals surface area contributed by atoms with Crippen LogP contribution in [0.3, 0.4) is 0 Å². The van der Waals surface area contributed by atoms with E-state index >= 15 is 0 Å². The smallest absolute Gasteiger partial charge is 0.316 e. The number of hydrogen-bond acceptors (Lipinski definition) is 4. The molecule has 4 N–H and O–H groups in total. The zero-order valence-electron chi connectivity index (χ0n) is 12.5. The van der Waals surface area contributed by atoms with E-state index in [2.05, 4.69) is 20.4 Å². The number of aromatic amines is 1. The van der Waals surface area contributed by atoms with Gasteiger partial charge in [-0.25, -0.2) is 9.89 Å². The second kappa shape index (κ2) is 8.19. The standard InChI is InChI=1S/C8H10ClN3O.C7H8N2O/c9-7-6(5-10-11-8(7)13)12-3-1-2-4-12;8-7(10)9-6-4-2-1-3-5-6/h5H,1-4H2,(H,11,13);1-5H,(H3,8,9,10). The van der Waals surface area contributed by atoms with E-state index in [1.807, 2.05) is 18.2 Å². The number of nitrogens with zero attached hydrogens (tertiary/aromatic N) is 2. The number of urea groups is 1. The van der Waals surface area contributed by atoms with Gasteiger partial charge in [-0.15, -0.1) is 0 Å². The topological polar surface area (TPSA) is 104 Å². The quantitative estimate of drug-likeness (QED) is 0.782. The molecule has 0 aliphatic carbocycles. The van der Waals surface area contributed by atoms with E-state index in [0.29, 0.717) is 0 Å². The monoisotopic (exact) mass is 335 g/mol. The Morgan fingerprint density at radius 1 is 1.26 bits per heavy atom. The Kier molecular flexibility index (Phi) is 5.99. The van der Waals surface area contributed by atoms with Crippen LogP contribution in [0.5, 0.6) is 0 Å². The van der Waals surface area contributed by atoms with Crippen LogP contribution in [0.15, 0.2) is 41.3 Å². The van der Waals surface area contributed by atoms with Crippen molar-refractivity contribution in [3.8, 4) is 0 Å². The molecule has 1 aliphatic heterocycles. The third-order valence-corrected chi connectivity index (χ3v) is 3.63. The summed E-state index contributed by atoms with van der Waals surface area (Å²) in [6.07, 6.45) is 3.92. The summed E-state index contributed by atoms with van der Waals surface area (Å²) in [5.41, 5.74) is 6.03. The van der Waals surface area contributed by atoms with Crippen molar-refractivity contribution in [2.24, 2.45) is 5.73 Å². The van der Waals surface area contributed by atoms with Crippen LogP contribution in [0.2, 0.25) is 5.02 Å². The predicted octanol–water partition coefficient (Wildman–Crippen LogP) is 2.20. The molecule has 2 aromatic rings. The molecule has 122 valence electrons. The van der Waals surface area contributed by atoms with Crippen LogP contribution in [0.1, 0.15) is 12.8 Å². The number of aromatic nitrogens is 2. The molecule has 1 fully saturated rings. The molecule has 1 aromatic heterocycles. The summed E-state index contributed by atoms with van der Waals surface area (Å²) in [6.45, 7) is 1.93. The zero-order valence-corrected chi connectivity index (χ0v) is 13.2. The number of H-pyrrole nitrogens is 1. The molecule has 2 heterocycles. The number of primary amides is 1. The number of rotatable bonds is 2. The van der Waals surface area contributed by atoms with Crippen molar-refractivity contribution in [2.75, 3.05) is 23.3 Å². The molecule has 23 heavy (non-hydrogen) atoms. The Bertz CT molecular complexity index is 699. The highest BCUT2D eigenvalue weighted by atomic mass is 35.5. The van der Waals surface area contributed by atoms with Crippen molar-refractivity contribution in [1.82, 2.24) is 10.2 Å². The van der Waals surface area contributed by atoms with E-state index in [9.17, 15) is 9.59 Å². The first-order valence-corrected chi connectivity index (χ1v) is 7.55. The number of halogens is 1. The molecular weight excluding hydrogens is 318 g/mol. The van der Waals surface area contributed by atoms with Crippen LogP contribution in [-0.4, -0.2) is 29.3 Å². The average molecular weight is 336 g/mol. The third kappa shape index (κ3) is 5.00. The number of benzene rings is 1. The number of carbonyl (C=O) groups is 1. The maximum atomic E-state index is 11.1. The first-order valence-electron chi connectivity index (χ1n) is 7.17. The number of carbonyl (C=O) groups excluding carboxylic acids is 1. The van der Waals surface area contributed by atoms with Crippen LogP contribution in [-0.2, 0) is 0 Å². The number of amides is 2. The van der Waals surface area contributed by atoms with Crippen molar-refractivity contribution >= 4 is 29.0 Å². The molecule has 0 saturated carbocycles. The lowest BCUT2D eigenvalue weighted by Gasteiger charge is -2.17. The van der Waals surface area contributed by atoms with Gasteiger partial charge in [-0.05, 0) is 25.0 Å². The molecule has 0 radical (unpaired) electrons. The van der Waals surface area contributed by atoms with Crippen LogP contribution in [0, 0.1) is 0 Å². The number of nitrogens with two attached hydrogens (primary N) is 1. The normalized spacial score (nSPS) is 13.2. The van der Waals surface area contributed by atoms with Crippen molar-refractivity contribution in [3.05, 3.63) is 51.9 Å². The highest BCUT2D eigenvalue weighted by molar-refractivity contribution is 6.33. The minimum Gasteiger partial charge on any atom is -0.369 e. The molecule has 0 bridgehead atoms. The molecule has 1 aromatic carbocycles. The van der Waals surface area contributed by atoms with Gasteiger partial charge < -0.3 is 16.0 Å². The lowest BCUT2D eigenvalue weighted by atomic mass is 10.3. The summed E-state index contributed by atoms with van der Waals surface area (Å²) < 4.78 is 0. The van der Waals surface area contributed by atoms with Crippen molar-refractivity contribution < 1.29 is 4.79 Å². The maximum absolute atomic E-state index is 11.1. The van der Waals surface area contributed by atoms with Crippen LogP contribution in [0.25, 0.3) is 0 Å². The molecule has 0 atom stereocenters. The summed E-state index contributed by atoms with van der Waals surface area (Å²) in [6, 6.07) is 8.52. The van der Waals surface area contributed by atoms with Crippen LogP contribution < -0.4 is 21.5 Å². The Hall–Kier alpha value is -2.54. The minimum absolute atomic E-state index is 0.247. The fourth-order valence-corrected chi connectivity index (χ4v) is 2.43. The SMILES string of the molecule is NC(=O)Nc1ccccc1.O=c1[nH]ncc(N2CCCC2)c1Cl. The summed E-state index contributed by atoms with van der Waals surface area (Å²) in [5, 5.41) is 8.72. The van der Waals surface area contributed by atoms with Gasteiger partial charge in [-0.3, -0.25) is 4.79 Å². The molecule has 1 aliphatic rings. The van der Waals surface area contributed by atoms with Gasteiger partial charge in [0.15, 0.2) is 0 Å². The summed E-state index contributed by atoms with van der Waals surface area (Å²) in [4.78, 5) is 23.5. The number of nitrogens with one attached hydrogen (secondary N) is 2. The van der Waals surface area contributed by atoms with Gasteiger partial charge in [-0.2, -0.15) is 5.10 Å². The molecule has 7 nitrogen and oxygen atoms in total. The van der Waals surface area contributed by atoms with E-state index < -0.39 is 6.03 Å². The van der Waals surface area contributed by atoms with Crippen molar-refractivity contribution in [2.45, 2.75) is 12.8 Å². The predicted molar refractivity (Wildman–Crippen MR) is 91.0 cm³/mol. The van der Waals surface area contributed by atoms with Crippen LogP contribution >= 0.6 is 11.6 Å². The highest BCUT2D eigenvalue weighted by Gasteiger charge is 2.16. The average Bonchev–Trinajstić information content (AvgIpc) is 3.05. The van der Waals surface area contributed by atoms with E-state index in [4.69, 9.17) is 17.3 Å². The number of hydrogen-bond donors (Lipinski definition) is 3. The van der Waals surface area contributed by atoms with Gasteiger partial charge in [-0.1, -0.05) is 29.8 Å². The largest absolute Gasteiger partial charge is 0.369 e. The van der Waals surface area contributed by atoms with Gasteiger partial charge in [0.25, 0.3) is 5.56 Å². The maximum Gasteiger partial charge on any atom is 0.316 e. The summed E-state index contributed by atoms with van der Waals surface area (Å²) in [5.74, 6) is 0. The Labute approximate surface area is 138 Å². The van der Waals surface area contributed by atoms with Crippen molar-refractivity contribution in [1.29, 1.82) is 0 Å². The Morgan fingerprint density at radius 2 is 1.91 bits per heavy atom. The Balaban J connectivity index is 0.000000174. The van der Waals surface area contributed by atoms with Gasteiger partial charge in [0.2, 0.25) is 0 Å². The molecule has 8 heteroatoms. The first-order chi connectivity index (χ1) is 11.1. The molecule has 0 spiro atoms. The first kappa shape index (κ1) is 16.8. The molecular formula is C15H18ClN5O2.